The number of nitrogens with one attached hydrogen (secondary N) is 2. The van der Waals surface area contributed by atoms with Crippen molar-refractivity contribution in [1.29, 1.82) is 0 Å². The van der Waals surface area contributed by atoms with Gasteiger partial charge in [-0.3, -0.25) is 9.59 Å². The maximum atomic E-state index is 12.5. The topological polar surface area (TPSA) is 80.3 Å². The summed E-state index contributed by atoms with van der Waals surface area (Å²) in [5.74, 6) is -0.129. The van der Waals surface area contributed by atoms with E-state index in [1.807, 2.05) is 6.07 Å². The number of pyridine rings is 1. The number of aromatic nitrogens is 1. The Morgan fingerprint density at radius 2 is 1.68 bits per heavy atom. The van der Waals surface area contributed by atoms with Crippen LogP contribution in [0, 0.1) is 0 Å². The molecule has 0 saturated carbocycles. The van der Waals surface area contributed by atoms with Crippen LogP contribution >= 0.6 is 15.9 Å². The zero-order valence-electron chi connectivity index (χ0n) is 15.1. The average Bonchev–Trinajstić information content (AvgIpc) is 2.70. The van der Waals surface area contributed by atoms with Gasteiger partial charge < -0.3 is 15.4 Å². The van der Waals surface area contributed by atoms with Gasteiger partial charge in [0, 0.05) is 34.6 Å². The molecule has 0 aliphatic carbocycles. The smallest absolute Gasteiger partial charge is 0.256 e. The molecule has 0 aliphatic rings. The van der Waals surface area contributed by atoms with Gasteiger partial charge in [-0.1, -0.05) is 18.2 Å². The van der Waals surface area contributed by atoms with Gasteiger partial charge in [-0.25, -0.2) is 4.98 Å². The summed E-state index contributed by atoms with van der Waals surface area (Å²) in [7, 11) is 1.60. The van der Waals surface area contributed by atoms with E-state index in [-0.39, 0.29) is 11.8 Å². The highest BCUT2D eigenvalue weighted by atomic mass is 79.9. The minimum Gasteiger partial charge on any atom is -0.380 e. The van der Waals surface area contributed by atoms with Crippen LogP contribution in [0.4, 0.5) is 11.5 Å². The molecule has 0 saturated heterocycles. The van der Waals surface area contributed by atoms with Gasteiger partial charge in [0.15, 0.2) is 0 Å². The Kier molecular flexibility index (Phi) is 6.52. The second kappa shape index (κ2) is 9.25. The van der Waals surface area contributed by atoms with E-state index in [4.69, 9.17) is 4.74 Å². The molecule has 0 fully saturated rings. The lowest BCUT2D eigenvalue weighted by atomic mass is 10.1. The van der Waals surface area contributed by atoms with E-state index in [1.165, 1.54) is 0 Å². The molecule has 3 aromatic rings. The number of nitrogens with zero attached hydrogens (tertiary/aromatic N) is 1. The monoisotopic (exact) mass is 439 g/mol. The molecule has 6 nitrogen and oxygen atoms in total. The third-order valence-electron chi connectivity index (χ3n) is 3.85. The van der Waals surface area contributed by atoms with E-state index in [9.17, 15) is 9.59 Å². The summed E-state index contributed by atoms with van der Waals surface area (Å²) in [4.78, 5) is 29.1. The Bertz CT molecular complexity index is 990. The molecule has 2 N–H and O–H groups in total. The van der Waals surface area contributed by atoms with Crippen molar-refractivity contribution >= 4 is 39.2 Å². The van der Waals surface area contributed by atoms with Gasteiger partial charge in [-0.05, 0) is 64.0 Å². The summed E-state index contributed by atoms with van der Waals surface area (Å²) >= 11 is 3.30. The fourth-order valence-electron chi connectivity index (χ4n) is 2.55. The standard InChI is InChI=1S/C21H18BrN3O3/c1-28-13-14-4-2-5-15(10-14)20(26)24-18-7-3-6-16(11-18)21(27)25-19-9-8-17(22)12-23-19/h2-12H,13H2,1H3,(H,24,26)(H,23,25,27). The second-order valence-corrected chi connectivity index (χ2v) is 6.90. The minimum absolute atomic E-state index is 0.259. The highest BCUT2D eigenvalue weighted by Crippen LogP contribution is 2.16. The number of rotatable bonds is 6. The van der Waals surface area contributed by atoms with Crippen molar-refractivity contribution in [3.05, 3.63) is 88.0 Å². The predicted molar refractivity (Wildman–Crippen MR) is 111 cm³/mol. The molecule has 0 spiro atoms. The summed E-state index contributed by atoms with van der Waals surface area (Å²) in [5.41, 5.74) is 2.36. The van der Waals surface area contributed by atoms with Crippen LogP contribution in [0.5, 0.6) is 0 Å². The Balaban J connectivity index is 1.70. The van der Waals surface area contributed by atoms with Crippen LogP contribution in [0.25, 0.3) is 0 Å². The van der Waals surface area contributed by atoms with E-state index >= 15 is 0 Å². The van der Waals surface area contributed by atoms with Crippen LogP contribution in [-0.4, -0.2) is 23.9 Å². The molecule has 0 atom stereocenters. The molecule has 0 bridgehead atoms. The molecule has 3 rings (SSSR count). The maximum Gasteiger partial charge on any atom is 0.256 e. The number of carbonyl (C=O) groups excluding carboxylic acids is 2. The normalized spacial score (nSPS) is 10.4. The molecule has 7 heteroatoms. The lowest BCUT2D eigenvalue weighted by Crippen LogP contribution is -2.15. The van der Waals surface area contributed by atoms with Crippen molar-refractivity contribution in [3.8, 4) is 0 Å². The molecule has 2 aromatic carbocycles. The van der Waals surface area contributed by atoms with E-state index in [0.29, 0.717) is 29.2 Å². The number of halogens is 1. The molecule has 1 aromatic heterocycles. The Labute approximate surface area is 171 Å². The van der Waals surface area contributed by atoms with Gasteiger partial charge in [0.1, 0.15) is 5.82 Å². The molecule has 1 heterocycles. The summed E-state index contributed by atoms with van der Waals surface area (Å²) in [6.45, 7) is 0.431. The van der Waals surface area contributed by atoms with Crippen LogP contribution in [-0.2, 0) is 11.3 Å². The third-order valence-corrected chi connectivity index (χ3v) is 4.32. The fraction of sp³-hybridized carbons (Fsp3) is 0.0952. The quantitative estimate of drug-likeness (QED) is 0.592. The van der Waals surface area contributed by atoms with Gasteiger partial charge >= 0.3 is 0 Å². The molecule has 0 radical (unpaired) electrons. The number of hydrogen-bond acceptors (Lipinski definition) is 4. The summed E-state index contributed by atoms with van der Waals surface area (Å²) in [5, 5.41) is 5.53. The maximum absolute atomic E-state index is 12.5. The van der Waals surface area contributed by atoms with Crippen LogP contribution in [0.1, 0.15) is 26.3 Å². The predicted octanol–water partition coefficient (Wildman–Crippen LogP) is 4.50. The van der Waals surface area contributed by atoms with Crippen LogP contribution in [0.2, 0.25) is 0 Å². The molecule has 142 valence electrons. The number of ether oxygens (including phenoxy) is 1. The van der Waals surface area contributed by atoms with Crippen molar-refractivity contribution in [3.63, 3.8) is 0 Å². The number of amides is 2. The van der Waals surface area contributed by atoms with Crippen LogP contribution in [0.3, 0.4) is 0 Å². The third kappa shape index (κ3) is 5.25. The van der Waals surface area contributed by atoms with E-state index < -0.39 is 0 Å². The number of hydrogen-bond donors (Lipinski definition) is 2. The van der Waals surface area contributed by atoms with Crippen LogP contribution < -0.4 is 10.6 Å². The number of benzene rings is 2. The lowest BCUT2D eigenvalue weighted by Gasteiger charge is -2.09. The Morgan fingerprint density at radius 1 is 0.964 bits per heavy atom. The SMILES string of the molecule is COCc1cccc(C(=O)Nc2cccc(C(=O)Nc3ccc(Br)cn3)c2)c1. The van der Waals surface area contributed by atoms with Gasteiger partial charge in [0.05, 0.1) is 6.61 Å². The van der Waals surface area contributed by atoms with Crippen molar-refractivity contribution in [2.75, 3.05) is 17.7 Å². The molecular formula is C21H18BrN3O3. The molecular weight excluding hydrogens is 422 g/mol. The Hall–Kier alpha value is -3.03. The fourth-order valence-corrected chi connectivity index (χ4v) is 2.78. The summed E-state index contributed by atoms with van der Waals surface area (Å²) in [6.07, 6.45) is 1.60. The van der Waals surface area contributed by atoms with E-state index in [2.05, 4.69) is 31.5 Å². The number of carbonyl (C=O) groups is 2. The zero-order chi connectivity index (χ0) is 19.9. The first-order valence-electron chi connectivity index (χ1n) is 8.47. The molecule has 0 aliphatic heterocycles. The van der Waals surface area contributed by atoms with Gasteiger partial charge in [-0.15, -0.1) is 0 Å². The van der Waals surface area contributed by atoms with E-state index in [0.717, 1.165) is 10.0 Å². The first-order valence-corrected chi connectivity index (χ1v) is 9.26. The number of anilines is 2. The summed E-state index contributed by atoms with van der Waals surface area (Å²) < 4.78 is 5.92. The highest BCUT2D eigenvalue weighted by Gasteiger charge is 2.11. The van der Waals surface area contributed by atoms with E-state index in [1.54, 1.807) is 67.9 Å². The van der Waals surface area contributed by atoms with Gasteiger partial charge in [-0.2, -0.15) is 0 Å². The summed E-state index contributed by atoms with van der Waals surface area (Å²) in [6, 6.07) is 17.4. The minimum atomic E-state index is -0.312. The largest absolute Gasteiger partial charge is 0.380 e. The van der Waals surface area contributed by atoms with Crippen molar-refractivity contribution in [2.45, 2.75) is 6.61 Å². The number of methoxy groups -OCH3 is 1. The molecule has 28 heavy (non-hydrogen) atoms. The Morgan fingerprint density at radius 3 is 2.39 bits per heavy atom. The van der Waals surface area contributed by atoms with Crippen LogP contribution in [0.15, 0.2) is 71.3 Å². The van der Waals surface area contributed by atoms with Gasteiger partial charge in [0.2, 0.25) is 0 Å². The van der Waals surface area contributed by atoms with Crippen molar-refractivity contribution in [1.82, 2.24) is 4.98 Å². The first kappa shape index (κ1) is 19.7. The van der Waals surface area contributed by atoms with Gasteiger partial charge in [0.25, 0.3) is 11.8 Å². The molecule has 2 amide bonds. The van der Waals surface area contributed by atoms with Crippen molar-refractivity contribution < 1.29 is 14.3 Å². The van der Waals surface area contributed by atoms with Crippen molar-refractivity contribution in [2.24, 2.45) is 0 Å². The zero-order valence-corrected chi connectivity index (χ0v) is 16.7. The molecule has 0 unspecified atom stereocenters. The second-order valence-electron chi connectivity index (χ2n) is 5.98. The first-order chi connectivity index (χ1) is 13.5. The highest BCUT2D eigenvalue weighted by molar-refractivity contribution is 9.10. The average molecular weight is 440 g/mol. The lowest BCUT2D eigenvalue weighted by molar-refractivity contribution is 0.101.